The topological polar surface area (TPSA) is 65.5 Å². The molecule has 0 unspecified atom stereocenters. The predicted octanol–water partition coefficient (Wildman–Crippen LogP) is 4.06. The first kappa shape index (κ1) is 20.1. The van der Waals surface area contributed by atoms with Gasteiger partial charge in [-0.3, -0.25) is 9.59 Å². The van der Waals surface area contributed by atoms with Gasteiger partial charge in [-0.25, -0.2) is 4.98 Å². The molecule has 1 aliphatic heterocycles. The van der Waals surface area contributed by atoms with Crippen LogP contribution >= 0.6 is 11.3 Å². The van der Waals surface area contributed by atoms with Crippen molar-refractivity contribution in [3.05, 3.63) is 76.1 Å². The van der Waals surface area contributed by atoms with Gasteiger partial charge in [-0.2, -0.15) is 0 Å². The molecule has 0 spiro atoms. The molecule has 4 rings (SSSR count). The number of aromatic nitrogens is 1. The van der Waals surface area contributed by atoms with Crippen LogP contribution in [0.1, 0.15) is 32.0 Å². The number of benzene rings is 1. The molecule has 0 atom stereocenters. The SMILES string of the molecule is Cc1ccc(C(=O)Nc2ccc(N3CCCN(C(=O)c4cccs4)CC3)nc2)cc1. The molecule has 1 N–H and O–H groups in total. The molecule has 0 radical (unpaired) electrons. The number of carbonyl (C=O) groups excluding carboxylic acids is 2. The van der Waals surface area contributed by atoms with Gasteiger partial charge in [-0.15, -0.1) is 11.3 Å². The van der Waals surface area contributed by atoms with Gasteiger partial charge in [0, 0.05) is 31.7 Å². The van der Waals surface area contributed by atoms with Crippen molar-refractivity contribution in [3.8, 4) is 0 Å². The van der Waals surface area contributed by atoms with E-state index in [4.69, 9.17) is 0 Å². The maximum atomic E-state index is 12.6. The first-order chi connectivity index (χ1) is 14.6. The number of amides is 2. The largest absolute Gasteiger partial charge is 0.355 e. The number of aryl methyl sites for hydroxylation is 1. The molecule has 3 heterocycles. The van der Waals surface area contributed by atoms with Gasteiger partial charge in [0.05, 0.1) is 16.8 Å². The van der Waals surface area contributed by atoms with Crippen LogP contribution in [0.3, 0.4) is 0 Å². The summed E-state index contributed by atoms with van der Waals surface area (Å²) in [5, 5.41) is 4.82. The molecule has 3 aromatic rings. The number of carbonyl (C=O) groups is 2. The van der Waals surface area contributed by atoms with Crippen LogP contribution in [0.2, 0.25) is 0 Å². The number of thiophene rings is 1. The number of rotatable bonds is 4. The molecule has 1 saturated heterocycles. The molecule has 2 amide bonds. The Labute approximate surface area is 180 Å². The Bertz CT molecular complexity index is 1000. The molecule has 1 fully saturated rings. The lowest BCUT2D eigenvalue weighted by Gasteiger charge is -2.22. The van der Waals surface area contributed by atoms with Gasteiger partial charge in [0.2, 0.25) is 0 Å². The molecule has 0 aliphatic carbocycles. The maximum absolute atomic E-state index is 12.6. The monoisotopic (exact) mass is 420 g/mol. The highest BCUT2D eigenvalue weighted by Crippen LogP contribution is 2.19. The zero-order chi connectivity index (χ0) is 20.9. The highest BCUT2D eigenvalue weighted by molar-refractivity contribution is 7.12. The summed E-state index contributed by atoms with van der Waals surface area (Å²) in [5.41, 5.74) is 2.40. The number of nitrogens with one attached hydrogen (secondary N) is 1. The van der Waals surface area contributed by atoms with Crippen LogP contribution in [-0.2, 0) is 0 Å². The van der Waals surface area contributed by atoms with Crippen molar-refractivity contribution in [2.45, 2.75) is 13.3 Å². The summed E-state index contributed by atoms with van der Waals surface area (Å²) >= 11 is 1.48. The smallest absolute Gasteiger partial charge is 0.263 e. The number of anilines is 2. The van der Waals surface area contributed by atoms with Crippen molar-refractivity contribution >= 4 is 34.7 Å². The third kappa shape index (κ3) is 4.68. The summed E-state index contributed by atoms with van der Waals surface area (Å²) in [5.74, 6) is 0.810. The quantitative estimate of drug-likeness (QED) is 0.691. The minimum Gasteiger partial charge on any atom is -0.355 e. The standard InChI is InChI=1S/C23H24N4O2S/c1-17-5-7-18(8-6-17)22(28)25-19-9-10-21(24-16-19)26-11-3-12-27(14-13-26)23(29)20-4-2-15-30-20/h2,4-10,15-16H,3,11-14H2,1H3,(H,25,28). The summed E-state index contributed by atoms with van der Waals surface area (Å²) in [4.78, 5) is 34.4. The highest BCUT2D eigenvalue weighted by Gasteiger charge is 2.21. The summed E-state index contributed by atoms with van der Waals surface area (Å²) in [7, 11) is 0. The van der Waals surface area contributed by atoms with Crippen molar-refractivity contribution in [2.75, 3.05) is 36.4 Å². The molecule has 0 bridgehead atoms. The van der Waals surface area contributed by atoms with Gasteiger partial charge in [0.25, 0.3) is 11.8 Å². The lowest BCUT2D eigenvalue weighted by molar-refractivity contribution is 0.0771. The summed E-state index contributed by atoms with van der Waals surface area (Å²) in [6.45, 7) is 4.99. The Hall–Kier alpha value is -3.19. The van der Waals surface area contributed by atoms with E-state index >= 15 is 0 Å². The maximum Gasteiger partial charge on any atom is 0.263 e. The lowest BCUT2D eigenvalue weighted by Crippen LogP contribution is -2.35. The second-order valence-electron chi connectivity index (χ2n) is 7.34. The van der Waals surface area contributed by atoms with E-state index in [-0.39, 0.29) is 11.8 Å². The molecule has 1 aliphatic rings. The Balaban J connectivity index is 1.36. The van der Waals surface area contributed by atoms with E-state index in [9.17, 15) is 9.59 Å². The highest BCUT2D eigenvalue weighted by atomic mass is 32.1. The van der Waals surface area contributed by atoms with Crippen LogP contribution in [-0.4, -0.2) is 47.9 Å². The number of pyridine rings is 1. The van der Waals surface area contributed by atoms with Crippen molar-refractivity contribution in [2.24, 2.45) is 0 Å². The van der Waals surface area contributed by atoms with Gasteiger partial charge in [-0.05, 0) is 49.1 Å². The van der Waals surface area contributed by atoms with E-state index in [0.29, 0.717) is 17.8 Å². The van der Waals surface area contributed by atoms with Crippen LogP contribution in [0.4, 0.5) is 11.5 Å². The van der Waals surface area contributed by atoms with Crippen LogP contribution in [0.5, 0.6) is 0 Å². The van der Waals surface area contributed by atoms with E-state index in [0.717, 1.165) is 42.3 Å². The van der Waals surface area contributed by atoms with E-state index in [1.165, 1.54) is 11.3 Å². The number of hydrogen-bond donors (Lipinski definition) is 1. The second-order valence-corrected chi connectivity index (χ2v) is 8.28. The van der Waals surface area contributed by atoms with Crippen molar-refractivity contribution in [3.63, 3.8) is 0 Å². The van der Waals surface area contributed by atoms with E-state index in [1.54, 1.807) is 6.20 Å². The minimum atomic E-state index is -0.151. The first-order valence-corrected chi connectivity index (χ1v) is 10.9. The van der Waals surface area contributed by atoms with E-state index < -0.39 is 0 Å². The van der Waals surface area contributed by atoms with Crippen molar-refractivity contribution in [1.82, 2.24) is 9.88 Å². The zero-order valence-electron chi connectivity index (χ0n) is 16.9. The van der Waals surface area contributed by atoms with Crippen LogP contribution in [0.15, 0.2) is 60.1 Å². The molecular formula is C23H24N4O2S. The molecule has 0 saturated carbocycles. The van der Waals surface area contributed by atoms with E-state index in [1.807, 2.05) is 65.7 Å². The third-order valence-electron chi connectivity index (χ3n) is 5.16. The van der Waals surface area contributed by atoms with Gasteiger partial charge in [0.1, 0.15) is 5.82 Å². The Kier molecular flexibility index (Phi) is 6.09. The molecule has 2 aromatic heterocycles. The van der Waals surface area contributed by atoms with Gasteiger partial charge >= 0.3 is 0 Å². The normalized spacial score (nSPS) is 14.3. The fraction of sp³-hybridized carbons (Fsp3) is 0.261. The molecule has 7 heteroatoms. The molecule has 1 aromatic carbocycles. The van der Waals surface area contributed by atoms with Crippen LogP contribution in [0.25, 0.3) is 0 Å². The Morgan fingerprint density at radius 3 is 2.53 bits per heavy atom. The van der Waals surface area contributed by atoms with Gasteiger partial charge in [0.15, 0.2) is 0 Å². The summed E-state index contributed by atoms with van der Waals surface area (Å²) < 4.78 is 0. The van der Waals surface area contributed by atoms with Crippen LogP contribution < -0.4 is 10.2 Å². The second kappa shape index (κ2) is 9.09. The fourth-order valence-corrected chi connectivity index (χ4v) is 4.15. The average molecular weight is 421 g/mol. The molecule has 30 heavy (non-hydrogen) atoms. The van der Waals surface area contributed by atoms with E-state index in [2.05, 4.69) is 15.2 Å². The van der Waals surface area contributed by atoms with Gasteiger partial charge < -0.3 is 15.1 Å². The van der Waals surface area contributed by atoms with Crippen LogP contribution in [0, 0.1) is 6.92 Å². The number of nitrogens with zero attached hydrogens (tertiary/aromatic N) is 3. The van der Waals surface area contributed by atoms with Gasteiger partial charge in [-0.1, -0.05) is 23.8 Å². The lowest BCUT2D eigenvalue weighted by atomic mass is 10.1. The average Bonchev–Trinajstić information content (AvgIpc) is 3.19. The number of hydrogen-bond acceptors (Lipinski definition) is 5. The fourth-order valence-electron chi connectivity index (χ4n) is 3.46. The minimum absolute atomic E-state index is 0.106. The summed E-state index contributed by atoms with van der Waals surface area (Å²) in [6, 6.07) is 15.0. The zero-order valence-corrected chi connectivity index (χ0v) is 17.7. The molecule has 6 nitrogen and oxygen atoms in total. The Morgan fingerprint density at radius 2 is 1.83 bits per heavy atom. The predicted molar refractivity (Wildman–Crippen MR) is 120 cm³/mol. The Morgan fingerprint density at radius 1 is 1.00 bits per heavy atom. The first-order valence-electron chi connectivity index (χ1n) is 10.0. The third-order valence-corrected chi connectivity index (χ3v) is 6.02. The molecular weight excluding hydrogens is 396 g/mol. The van der Waals surface area contributed by atoms with Crippen molar-refractivity contribution in [1.29, 1.82) is 0 Å². The molecule has 154 valence electrons. The summed E-state index contributed by atoms with van der Waals surface area (Å²) in [6.07, 6.45) is 2.57. The van der Waals surface area contributed by atoms with Crippen molar-refractivity contribution < 1.29 is 9.59 Å².